The second-order valence-electron chi connectivity index (χ2n) is 4.99. The predicted molar refractivity (Wildman–Crippen MR) is 74.1 cm³/mol. The molecule has 1 unspecified atom stereocenters. The van der Waals surface area contributed by atoms with Crippen LogP contribution in [-0.4, -0.2) is 45.9 Å². The van der Waals surface area contributed by atoms with Gasteiger partial charge in [0.25, 0.3) is 0 Å². The van der Waals surface area contributed by atoms with Gasteiger partial charge in [-0.15, -0.1) is 0 Å². The summed E-state index contributed by atoms with van der Waals surface area (Å²) in [5.74, 6) is 0.432. The van der Waals surface area contributed by atoms with Crippen molar-refractivity contribution in [3.05, 3.63) is 28.7 Å². The summed E-state index contributed by atoms with van der Waals surface area (Å²) in [6.45, 7) is 3.14. The SMILES string of the molecule is Cc1noc(Cl)c1CCC(=O)N1CCOCC1c1ncon1. The number of aryl methyl sites for hydroxylation is 1. The highest BCUT2D eigenvalue weighted by Gasteiger charge is 2.31. The van der Waals surface area contributed by atoms with Crippen LogP contribution in [0.5, 0.6) is 0 Å². The number of hydrogen-bond acceptors (Lipinski definition) is 7. The van der Waals surface area contributed by atoms with Crippen LogP contribution in [0.3, 0.4) is 0 Å². The number of ether oxygens (including phenoxy) is 1. The molecule has 8 nitrogen and oxygen atoms in total. The maximum absolute atomic E-state index is 12.5. The number of carbonyl (C=O) groups excluding carboxylic acids is 1. The fourth-order valence-corrected chi connectivity index (χ4v) is 2.72. The van der Waals surface area contributed by atoms with Gasteiger partial charge >= 0.3 is 0 Å². The lowest BCUT2D eigenvalue weighted by atomic mass is 10.1. The monoisotopic (exact) mass is 326 g/mol. The molecule has 1 saturated heterocycles. The first-order chi connectivity index (χ1) is 10.7. The number of hydrogen-bond donors (Lipinski definition) is 0. The van der Waals surface area contributed by atoms with E-state index in [0.29, 0.717) is 44.1 Å². The summed E-state index contributed by atoms with van der Waals surface area (Å²) in [5.41, 5.74) is 1.47. The maximum atomic E-state index is 12.5. The Balaban J connectivity index is 1.67. The van der Waals surface area contributed by atoms with E-state index in [1.807, 2.05) is 0 Å². The third-order valence-electron chi connectivity index (χ3n) is 3.65. The Labute approximate surface area is 131 Å². The molecular weight excluding hydrogens is 312 g/mol. The van der Waals surface area contributed by atoms with Crippen molar-refractivity contribution in [2.75, 3.05) is 19.8 Å². The number of amides is 1. The third-order valence-corrected chi connectivity index (χ3v) is 3.95. The molecule has 118 valence electrons. The average molecular weight is 327 g/mol. The van der Waals surface area contributed by atoms with Crippen LogP contribution in [0.1, 0.15) is 29.5 Å². The number of aromatic nitrogens is 3. The highest BCUT2D eigenvalue weighted by Crippen LogP contribution is 2.24. The number of nitrogens with zero attached hydrogens (tertiary/aromatic N) is 4. The van der Waals surface area contributed by atoms with Crippen LogP contribution >= 0.6 is 11.6 Å². The first-order valence-electron chi connectivity index (χ1n) is 6.91. The van der Waals surface area contributed by atoms with E-state index in [2.05, 4.69) is 15.3 Å². The Morgan fingerprint density at radius 2 is 2.36 bits per heavy atom. The summed E-state index contributed by atoms with van der Waals surface area (Å²) >= 11 is 5.92. The summed E-state index contributed by atoms with van der Waals surface area (Å²) in [4.78, 5) is 18.2. The summed E-state index contributed by atoms with van der Waals surface area (Å²) in [6.07, 6.45) is 2.02. The largest absolute Gasteiger partial charge is 0.377 e. The van der Waals surface area contributed by atoms with Gasteiger partial charge in [-0.05, 0) is 24.9 Å². The van der Waals surface area contributed by atoms with Crippen LogP contribution in [0.15, 0.2) is 15.4 Å². The molecule has 3 heterocycles. The van der Waals surface area contributed by atoms with Crippen molar-refractivity contribution in [3.8, 4) is 0 Å². The van der Waals surface area contributed by atoms with E-state index in [-0.39, 0.29) is 17.2 Å². The first kappa shape index (κ1) is 15.0. The van der Waals surface area contributed by atoms with Gasteiger partial charge in [0, 0.05) is 18.5 Å². The Morgan fingerprint density at radius 1 is 1.50 bits per heavy atom. The van der Waals surface area contributed by atoms with Gasteiger partial charge in [0.2, 0.25) is 17.5 Å². The Morgan fingerprint density at radius 3 is 3.05 bits per heavy atom. The molecule has 0 radical (unpaired) electrons. The lowest BCUT2D eigenvalue weighted by Gasteiger charge is -2.33. The van der Waals surface area contributed by atoms with E-state index in [0.717, 1.165) is 5.56 Å². The van der Waals surface area contributed by atoms with E-state index in [9.17, 15) is 4.79 Å². The van der Waals surface area contributed by atoms with Gasteiger partial charge in [-0.2, -0.15) is 4.98 Å². The Bertz CT molecular complexity index is 623. The van der Waals surface area contributed by atoms with Crippen molar-refractivity contribution in [1.82, 2.24) is 20.2 Å². The fraction of sp³-hybridized carbons (Fsp3) is 0.538. The van der Waals surface area contributed by atoms with E-state index in [1.165, 1.54) is 6.39 Å². The zero-order valence-electron chi connectivity index (χ0n) is 12.0. The van der Waals surface area contributed by atoms with Crippen molar-refractivity contribution >= 4 is 17.5 Å². The summed E-state index contributed by atoms with van der Waals surface area (Å²) in [7, 11) is 0. The number of carbonyl (C=O) groups is 1. The van der Waals surface area contributed by atoms with E-state index >= 15 is 0 Å². The van der Waals surface area contributed by atoms with Crippen molar-refractivity contribution in [3.63, 3.8) is 0 Å². The second kappa shape index (κ2) is 6.45. The van der Waals surface area contributed by atoms with Gasteiger partial charge < -0.3 is 18.7 Å². The number of rotatable bonds is 4. The van der Waals surface area contributed by atoms with Crippen molar-refractivity contribution in [1.29, 1.82) is 0 Å². The van der Waals surface area contributed by atoms with Gasteiger partial charge in [0.1, 0.15) is 6.04 Å². The molecule has 2 aromatic rings. The number of morpholine rings is 1. The van der Waals surface area contributed by atoms with Gasteiger partial charge in [0.15, 0.2) is 5.82 Å². The van der Waals surface area contributed by atoms with Crippen LogP contribution in [0.25, 0.3) is 0 Å². The first-order valence-corrected chi connectivity index (χ1v) is 7.28. The third kappa shape index (κ3) is 2.97. The fourth-order valence-electron chi connectivity index (χ4n) is 2.46. The van der Waals surface area contributed by atoms with Crippen molar-refractivity contribution in [2.45, 2.75) is 25.8 Å². The van der Waals surface area contributed by atoms with Crippen molar-refractivity contribution < 1.29 is 18.6 Å². The molecule has 0 spiro atoms. The zero-order chi connectivity index (χ0) is 15.5. The van der Waals surface area contributed by atoms with E-state index in [1.54, 1.807) is 11.8 Å². The smallest absolute Gasteiger partial charge is 0.229 e. The van der Waals surface area contributed by atoms with Crippen LogP contribution in [0, 0.1) is 6.92 Å². The average Bonchev–Trinajstić information content (AvgIpc) is 3.16. The Hall–Kier alpha value is -1.93. The summed E-state index contributed by atoms with van der Waals surface area (Å²) in [6, 6.07) is -0.320. The lowest BCUT2D eigenvalue weighted by Crippen LogP contribution is -2.43. The lowest BCUT2D eigenvalue weighted by molar-refractivity contribution is -0.140. The van der Waals surface area contributed by atoms with Crippen LogP contribution < -0.4 is 0 Å². The molecule has 1 aliphatic rings. The molecule has 22 heavy (non-hydrogen) atoms. The number of halogens is 1. The predicted octanol–water partition coefficient (Wildman–Crippen LogP) is 1.55. The molecule has 3 rings (SSSR count). The van der Waals surface area contributed by atoms with Gasteiger partial charge in [0.05, 0.1) is 18.9 Å². The summed E-state index contributed by atoms with van der Waals surface area (Å²) < 4.78 is 15.1. The Kier molecular flexibility index (Phi) is 4.39. The van der Waals surface area contributed by atoms with Gasteiger partial charge in [-0.1, -0.05) is 10.3 Å². The quantitative estimate of drug-likeness (QED) is 0.841. The normalized spacial score (nSPS) is 18.6. The van der Waals surface area contributed by atoms with Crippen LogP contribution in [-0.2, 0) is 16.0 Å². The highest BCUT2D eigenvalue weighted by atomic mass is 35.5. The standard InChI is InChI=1S/C13H15ClN4O4/c1-8-9(12(14)22-16-8)2-3-11(19)18-4-5-20-6-10(18)13-15-7-21-17-13/h7,10H,2-6H2,1H3. The molecule has 0 aliphatic carbocycles. The molecule has 0 aromatic carbocycles. The minimum Gasteiger partial charge on any atom is -0.377 e. The molecule has 1 aliphatic heterocycles. The molecule has 0 bridgehead atoms. The van der Waals surface area contributed by atoms with Crippen molar-refractivity contribution in [2.24, 2.45) is 0 Å². The van der Waals surface area contributed by atoms with Crippen LogP contribution in [0.2, 0.25) is 5.22 Å². The molecule has 1 atom stereocenters. The van der Waals surface area contributed by atoms with Gasteiger partial charge in [-0.3, -0.25) is 4.79 Å². The van der Waals surface area contributed by atoms with Gasteiger partial charge in [-0.25, -0.2) is 0 Å². The molecule has 0 saturated carbocycles. The molecule has 1 fully saturated rings. The minimum absolute atomic E-state index is 0.0187. The topological polar surface area (TPSA) is 94.5 Å². The van der Waals surface area contributed by atoms with E-state index in [4.69, 9.17) is 25.4 Å². The minimum atomic E-state index is -0.320. The van der Waals surface area contributed by atoms with Crippen LogP contribution in [0.4, 0.5) is 0 Å². The molecule has 9 heteroatoms. The molecular formula is C13H15ClN4O4. The molecule has 0 N–H and O–H groups in total. The highest BCUT2D eigenvalue weighted by molar-refractivity contribution is 6.29. The van der Waals surface area contributed by atoms with E-state index < -0.39 is 0 Å². The maximum Gasteiger partial charge on any atom is 0.229 e. The second-order valence-corrected chi connectivity index (χ2v) is 5.33. The molecule has 2 aromatic heterocycles. The summed E-state index contributed by atoms with van der Waals surface area (Å²) in [5, 5.41) is 7.82. The zero-order valence-corrected chi connectivity index (χ0v) is 12.7. The molecule has 1 amide bonds.